The van der Waals surface area contributed by atoms with Crippen LogP contribution in [0.4, 0.5) is 5.69 Å². The van der Waals surface area contributed by atoms with Gasteiger partial charge >= 0.3 is 0 Å². The predicted octanol–water partition coefficient (Wildman–Crippen LogP) is 3.04. The summed E-state index contributed by atoms with van der Waals surface area (Å²) in [6, 6.07) is 5.74. The zero-order chi connectivity index (χ0) is 16.9. The monoisotopic (exact) mass is 348 g/mol. The Hall–Kier alpha value is -1.69. The molecule has 0 radical (unpaired) electrons. The highest BCUT2D eigenvalue weighted by Crippen LogP contribution is 2.29. The molecule has 0 saturated carbocycles. The second-order valence-corrected chi connectivity index (χ2v) is 7.58. The molecule has 2 amide bonds. The number of benzene rings is 1. The average Bonchev–Trinajstić information content (AvgIpc) is 3.12. The van der Waals surface area contributed by atoms with Gasteiger partial charge in [-0.25, -0.2) is 0 Å². The summed E-state index contributed by atoms with van der Waals surface area (Å²) in [4.78, 5) is 25.4. The Morgan fingerprint density at radius 3 is 3.08 bits per heavy atom. The van der Waals surface area contributed by atoms with Crippen LogP contribution in [0.3, 0.4) is 0 Å². The van der Waals surface area contributed by atoms with Gasteiger partial charge in [-0.2, -0.15) is 0 Å². The number of anilines is 1. The predicted molar refractivity (Wildman–Crippen MR) is 96.4 cm³/mol. The van der Waals surface area contributed by atoms with Crippen molar-refractivity contribution < 1.29 is 14.3 Å². The second-order valence-electron chi connectivity index (χ2n) is 6.29. The number of ether oxygens (including phenoxy) is 1. The molecule has 1 N–H and O–H groups in total. The van der Waals surface area contributed by atoms with E-state index >= 15 is 0 Å². The summed E-state index contributed by atoms with van der Waals surface area (Å²) in [6.45, 7) is 0.530. The van der Waals surface area contributed by atoms with Crippen molar-refractivity contribution in [3.8, 4) is 5.75 Å². The number of fused-ring (bicyclic) bond motifs is 1. The van der Waals surface area contributed by atoms with Gasteiger partial charge in [0.25, 0.3) is 0 Å². The number of hydrogen-bond acceptors (Lipinski definition) is 4. The molecule has 2 aliphatic rings. The SMILES string of the molecule is CN(C(=O)CCCOc1ccc2c(c1)CCC(=O)N2)C1CCCS1. The van der Waals surface area contributed by atoms with Gasteiger partial charge in [0.05, 0.1) is 12.0 Å². The summed E-state index contributed by atoms with van der Waals surface area (Å²) in [7, 11) is 1.91. The number of thioether (sulfide) groups is 1. The van der Waals surface area contributed by atoms with Gasteiger partial charge in [0.15, 0.2) is 0 Å². The highest BCUT2D eigenvalue weighted by atomic mass is 32.2. The highest BCUT2D eigenvalue weighted by Gasteiger charge is 2.23. The maximum Gasteiger partial charge on any atom is 0.224 e. The Morgan fingerprint density at radius 1 is 1.42 bits per heavy atom. The van der Waals surface area contributed by atoms with Crippen LogP contribution in [0.25, 0.3) is 0 Å². The van der Waals surface area contributed by atoms with Crippen LogP contribution in [0.5, 0.6) is 5.75 Å². The van der Waals surface area contributed by atoms with Crippen molar-refractivity contribution in [2.75, 3.05) is 24.7 Å². The van der Waals surface area contributed by atoms with E-state index < -0.39 is 0 Å². The van der Waals surface area contributed by atoms with Gasteiger partial charge in [-0.3, -0.25) is 9.59 Å². The lowest BCUT2D eigenvalue weighted by molar-refractivity contribution is -0.130. The standard InChI is InChI=1S/C18H24N2O3S/c1-20(18-5-3-11-24-18)17(22)4-2-10-23-14-7-8-15-13(12-14)6-9-16(21)19-15/h7-8,12,18H,2-6,9-11H2,1H3,(H,19,21). The molecule has 1 fully saturated rings. The molecular formula is C18H24N2O3S. The smallest absolute Gasteiger partial charge is 0.224 e. The quantitative estimate of drug-likeness (QED) is 0.803. The van der Waals surface area contributed by atoms with E-state index in [-0.39, 0.29) is 11.8 Å². The van der Waals surface area contributed by atoms with Crippen LogP contribution >= 0.6 is 11.8 Å². The molecule has 130 valence electrons. The first kappa shape index (κ1) is 17.1. The Labute approximate surface area is 147 Å². The van der Waals surface area contributed by atoms with Crippen LogP contribution in [-0.4, -0.2) is 41.5 Å². The number of nitrogens with one attached hydrogen (secondary N) is 1. The van der Waals surface area contributed by atoms with Crippen molar-refractivity contribution >= 4 is 29.3 Å². The summed E-state index contributed by atoms with van der Waals surface area (Å²) < 4.78 is 5.77. The van der Waals surface area contributed by atoms with Crippen molar-refractivity contribution in [2.24, 2.45) is 0 Å². The van der Waals surface area contributed by atoms with Crippen molar-refractivity contribution in [3.63, 3.8) is 0 Å². The van der Waals surface area contributed by atoms with Gasteiger partial charge < -0.3 is 15.0 Å². The van der Waals surface area contributed by atoms with E-state index in [1.165, 1.54) is 6.42 Å². The van der Waals surface area contributed by atoms with E-state index in [0.29, 0.717) is 31.2 Å². The Kier molecular flexibility index (Phi) is 5.66. The van der Waals surface area contributed by atoms with E-state index in [1.807, 2.05) is 41.9 Å². The van der Waals surface area contributed by atoms with E-state index in [2.05, 4.69) is 5.32 Å². The maximum absolute atomic E-state index is 12.2. The summed E-state index contributed by atoms with van der Waals surface area (Å²) in [5.41, 5.74) is 1.99. The van der Waals surface area contributed by atoms with Gasteiger partial charge in [-0.05, 0) is 55.2 Å². The highest BCUT2D eigenvalue weighted by molar-refractivity contribution is 8.00. The molecule has 3 rings (SSSR count). The van der Waals surface area contributed by atoms with Crippen LogP contribution in [0, 0.1) is 0 Å². The van der Waals surface area contributed by atoms with Gasteiger partial charge in [-0.15, -0.1) is 11.8 Å². The van der Waals surface area contributed by atoms with E-state index in [4.69, 9.17) is 4.74 Å². The number of hydrogen-bond donors (Lipinski definition) is 1. The first-order valence-corrected chi connectivity index (χ1v) is 9.61. The first-order valence-electron chi connectivity index (χ1n) is 8.56. The molecule has 5 nitrogen and oxygen atoms in total. The molecule has 24 heavy (non-hydrogen) atoms. The Balaban J connectivity index is 1.42. The second kappa shape index (κ2) is 7.92. The Bertz CT molecular complexity index is 614. The third kappa shape index (κ3) is 4.23. The zero-order valence-electron chi connectivity index (χ0n) is 14.0. The number of nitrogens with zero attached hydrogens (tertiary/aromatic N) is 1. The fraction of sp³-hybridized carbons (Fsp3) is 0.556. The van der Waals surface area contributed by atoms with Gasteiger partial charge in [0.1, 0.15) is 5.75 Å². The first-order chi connectivity index (χ1) is 11.6. The van der Waals surface area contributed by atoms with Crippen molar-refractivity contribution in [1.29, 1.82) is 0 Å². The van der Waals surface area contributed by atoms with E-state index in [0.717, 1.165) is 35.6 Å². The molecule has 1 saturated heterocycles. The minimum absolute atomic E-state index is 0.0687. The van der Waals surface area contributed by atoms with Gasteiger partial charge in [0.2, 0.25) is 11.8 Å². The Morgan fingerprint density at radius 2 is 2.29 bits per heavy atom. The lowest BCUT2D eigenvalue weighted by atomic mass is 10.0. The molecule has 1 aromatic rings. The molecule has 0 bridgehead atoms. The maximum atomic E-state index is 12.2. The largest absolute Gasteiger partial charge is 0.494 e. The molecule has 1 unspecified atom stereocenters. The molecule has 0 aliphatic carbocycles. The topological polar surface area (TPSA) is 58.6 Å². The number of rotatable bonds is 6. The number of carbonyl (C=O) groups is 2. The van der Waals surface area contributed by atoms with Gasteiger partial charge in [0, 0.05) is 25.6 Å². The van der Waals surface area contributed by atoms with Crippen molar-refractivity contribution in [3.05, 3.63) is 23.8 Å². The van der Waals surface area contributed by atoms with Crippen molar-refractivity contribution in [2.45, 2.75) is 43.9 Å². The van der Waals surface area contributed by atoms with Crippen LogP contribution in [0.1, 0.15) is 37.7 Å². The number of aryl methyl sites for hydroxylation is 1. The number of amides is 2. The molecular weight excluding hydrogens is 324 g/mol. The fourth-order valence-electron chi connectivity index (χ4n) is 3.07. The third-order valence-electron chi connectivity index (χ3n) is 4.51. The van der Waals surface area contributed by atoms with Crippen LogP contribution in [0.2, 0.25) is 0 Å². The van der Waals surface area contributed by atoms with Crippen molar-refractivity contribution in [1.82, 2.24) is 4.90 Å². The minimum atomic E-state index is 0.0687. The van der Waals surface area contributed by atoms with Crippen LogP contribution in [0.15, 0.2) is 18.2 Å². The molecule has 6 heteroatoms. The molecule has 1 aromatic carbocycles. The lowest BCUT2D eigenvalue weighted by Crippen LogP contribution is -2.33. The zero-order valence-corrected chi connectivity index (χ0v) is 14.9. The molecule has 0 spiro atoms. The van der Waals surface area contributed by atoms with E-state index in [1.54, 1.807) is 0 Å². The number of carbonyl (C=O) groups excluding carboxylic acids is 2. The fourth-order valence-corrected chi connectivity index (χ4v) is 4.35. The lowest BCUT2D eigenvalue weighted by Gasteiger charge is -2.23. The molecule has 0 aromatic heterocycles. The van der Waals surface area contributed by atoms with Crippen LogP contribution < -0.4 is 10.1 Å². The van der Waals surface area contributed by atoms with Crippen LogP contribution in [-0.2, 0) is 16.0 Å². The van der Waals surface area contributed by atoms with Gasteiger partial charge in [-0.1, -0.05) is 0 Å². The minimum Gasteiger partial charge on any atom is -0.494 e. The normalized spacial score (nSPS) is 19.5. The molecule has 2 aliphatic heterocycles. The summed E-state index contributed by atoms with van der Waals surface area (Å²) in [6.07, 6.45) is 4.82. The third-order valence-corrected chi connectivity index (χ3v) is 5.97. The average molecular weight is 348 g/mol. The molecule has 1 atom stereocenters. The summed E-state index contributed by atoms with van der Waals surface area (Å²) in [5.74, 6) is 2.23. The summed E-state index contributed by atoms with van der Waals surface area (Å²) in [5, 5.41) is 3.22. The molecule has 2 heterocycles. The van der Waals surface area contributed by atoms with E-state index in [9.17, 15) is 9.59 Å². The summed E-state index contributed by atoms with van der Waals surface area (Å²) >= 11 is 1.87.